The summed E-state index contributed by atoms with van der Waals surface area (Å²) in [5.74, 6) is -0.0575. The molecule has 0 unspecified atom stereocenters. The molecule has 0 spiro atoms. The van der Waals surface area contributed by atoms with Crippen LogP contribution in [-0.4, -0.2) is 19.0 Å². The van der Waals surface area contributed by atoms with Crippen LogP contribution >= 0.6 is 23.2 Å². The fourth-order valence-electron chi connectivity index (χ4n) is 1.14. The number of halogens is 2. The highest BCUT2D eigenvalue weighted by Gasteiger charge is 2.05. The molecule has 88 valence electrons. The van der Waals surface area contributed by atoms with Gasteiger partial charge in [0, 0.05) is 6.54 Å². The monoisotopic (exact) mass is 260 g/mol. The van der Waals surface area contributed by atoms with Gasteiger partial charge < -0.3 is 10.6 Å². The van der Waals surface area contributed by atoms with Crippen LogP contribution in [0, 0.1) is 0 Å². The molecule has 1 amide bonds. The van der Waals surface area contributed by atoms with Crippen LogP contribution in [0.25, 0.3) is 0 Å². The van der Waals surface area contributed by atoms with Gasteiger partial charge in [0.15, 0.2) is 0 Å². The summed E-state index contributed by atoms with van der Waals surface area (Å²) < 4.78 is 0. The number of nitrogens with one attached hydrogen (secondary N) is 2. The van der Waals surface area contributed by atoms with Gasteiger partial charge in [-0.05, 0) is 18.6 Å². The zero-order valence-corrected chi connectivity index (χ0v) is 10.5. The predicted molar refractivity (Wildman–Crippen MR) is 68.3 cm³/mol. The number of anilines is 1. The molecule has 0 heterocycles. The van der Waals surface area contributed by atoms with Gasteiger partial charge in [-0.2, -0.15) is 0 Å². The molecule has 0 saturated carbocycles. The van der Waals surface area contributed by atoms with E-state index in [0.29, 0.717) is 22.3 Å². The number of carbonyl (C=O) groups excluding carboxylic acids is 1. The average molecular weight is 261 g/mol. The summed E-state index contributed by atoms with van der Waals surface area (Å²) in [4.78, 5) is 11.3. The molecule has 0 radical (unpaired) electrons. The molecule has 5 heteroatoms. The van der Waals surface area contributed by atoms with Crippen LogP contribution in [0.5, 0.6) is 0 Å². The normalized spacial score (nSPS) is 9.94. The van der Waals surface area contributed by atoms with Crippen molar-refractivity contribution in [1.29, 1.82) is 0 Å². The third-order valence-corrected chi connectivity index (χ3v) is 2.78. The van der Waals surface area contributed by atoms with E-state index in [-0.39, 0.29) is 12.5 Å². The maximum Gasteiger partial charge on any atom is 0.239 e. The van der Waals surface area contributed by atoms with E-state index in [1.807, 2.05) is 6.92 Å². The van der Waals surface area contributed by atoms with Crippen molar-refractivity contribution >= 4 is 34.8 Å². The van der Waals surface area contributed by atoms with Crippen LogP contribution in [0.15, 0.2) is 18.2 Å². The van der Waals surface area contributed by atoms with Crippen molar-refractivity contribution < 1.29 is 4.79 Å². The Balaban J connectivity index is 2.48. The lowest BCUT2D eigenvalue weighted by atomic mass is 10.3. The highest BCUT2D eigenvalue weighted by atomic mass is 35.5. The fourth-order valence-corrected chi connectivity index (χ4v) is 1.51. The number of benzene rings is 1. The summed E-state index contributed by atoms with van der Waals surface area (Å²) in [5.41, 5.74) is 0.667. The van der Waals surface area contributed by atoms with Crippen LogP contribution in [-0.2, 0) is 4.79 Å². The Labute approximate surface area is 105 Å². The van der Waals surface area contributed by atoms with E-state index in [4.69, 9.17) is 23.2 Å². The van der Waals surface area contributed by atoms with Gasteiger partial charge in [0.1, 0.15) is 0 Å². The lowest BCUT2D eigenvalue weighted by molar-refractivity contribution is -0.119. The lowest BCUT2D eigenvalue weighted by Gasteiger charge is -2.09. The maximum absolute atomic E-state index is 11.3. The van der Waals surface area contributed by atoms with E-state index >= 15 is 0 Å². The first-order chi connectivity index (χ1) is 7.65. The van der Waals surface area contributed by atoms with Crippen molar-refractivity contribution in [3.63, 3.8) is 0 Å². The van der Waals surface area contributed by atoms with Gasteiger partial charge in [0.2, 0.25) is 5.91 Å². The van der Waals surface area contributed by atoms with Crippen molar-refractivity contribution in [2.45, 2.75) is 13.3 Å². The van der Waals surface area contributed by atoms with Crippen molar-refractivity contribution in [3.05, 3.63) is 28.2 Å². The highest BCUT2D eigenvalue weighted by Crippen LogP contribution is 2.29. The second-order valence-corrected chi connectivity index (χ2v) is 4.09. The summed E-state index contributed by atoms with van der Waals surface area (Å²) in [5, 5.41) is 6.60. The zero-order valence-electron chi connectivity index (χ0n) is 9.02. The first-order valence-corrected chi connectivity index (χ1v) is 5.85. The number of rotatable bonds is 5. The number of hydrogen-bond acceptors (Lipinski definition) is 2. The van der Waals surface area contributed by atoms with Gasteiger partial charge in [-0.3, -0.25) is 4.79 Å². The minimum atomic E-state index is -0.0575. The van der Waals surface area contributed by atoms with Crippen molar-refractivity contribution in [3.8, 4) is 0 Å². The van der Waals surface area contributed by atoms with Crippen LogP contribution in [0.2, 0.25) is 10.0 Å². The Bertz CT molecular complexity index is 369. The van der Waals surface area contributed by atoms with Crippen LogP contribution in [0.4, 0.5) is 5.69 Å². The summed E-state index contributed by atoms with van der Waals surface area (Å²) in [6.45, 7) is 2.88. The van der Waals surface area contributed by atoms with E-state index in [9.17, 15) is 4.79 Å². The molecule has 3 nitrogen and oxygen atoms in total. The molecule has 1 aromatic carbocycles. The molecule has 0 aliphatic carbocycles. The van der Waals surface area contributed by atoms with Crippen molar-refractivity contribution in [1.82, 2.24) is 5.32 Å². The fraction of sp³-hybridized carbons (Fsp3) is 0.364. The smallest absolute Gasteiger partial charge is 0.239 e. The number of carbonyl (C=O) groups is 1. The Kier molecular flexibility index (Phi) is 5.43. The molecule has 2 N–H and O–H groups in total. The molecule has 1 rings (SSSR count). The molecule has 0 atom stereocenters. The summed E-state index contributed by atoms with van der Waals surface area (Å²) in [6, 6.07) is 5.26. The lowest BCUT2D eigenvalue weighted by Crippen LogP contribution is -2.30. The van der Waals surface area contributed by atoms with Crippen LogP contribution < -0.4 is 10.6 Å². The molecule has 0 aliphatic heterocycles. The van der Waals surface area contributed by atoms with E-state index in [1.54, 1.807) is 18.2 Å². The van der Waals surface area contributed by atoms with Crippen LogP contribution in [0.1, 0.15) is 13.3 Å². The van der Waals surface area contributed by atoms with Gasteiger partial charge in [0.25, 0.3) is 0 Å². The second kappa shape index (κ2) is 6.61. The van der Waals surface area contributed by atoms with E-state index < -0.39 is 0 Å². The standard InChI is InChI=1S/C11H14Cl2N2O/c1-2-6-14-10(16)7-15-9-5-3-4-8(12)11(9)13/h3-5,15H,2,6-7H2,1H3,(H,14,16). The van der Waals surface area contributed by atoms with E-state index in [2.05, 4.69) is 10.6 Å². The SMILES string of the molecule is CCCNC(=O)CNc1cccc(Cl)c1Cl. The van der Waals surface area contributed by atoms with Gasteiger partial charge in [-0.25, -0.2) is 0 Å². The predicted octanol–water partition coefficient (Wildman–Crippen LogP) is 2.93. The number of amides is 1. The zero-order chi connectivity index (χ0) is 12.0. The van der Waals surface area contributed by atoms with E-state index in [1.165, 1.54) is 0 Å². The molecule has 16 heavy (non-hydrogen) atoms. The molecule has 0 saturated heterocycles. The summed E-state index contributed by atoms with van der Waals surface area (Å²) in [7, 11) is 0. The molecule has 0 fully saturated rings. The Hall–Kier alpha value is -0.930. The Morgan fingerprint density at radius 2 is 2.12 bits per heavy atom. The van der Waals surface area contributed by atoms with Gasteiger partial charge >= 0.3 is 0 Å². The molecular weight excluding hydrogens is 247 g/mol. The van der Waals surface area contributed by atoms with Crippen molar-refractivity contribution in [2.24, 2.45) is 0 Å². The topological polar surface area (TPSA) is 41.1 Å². The minimum absolute atomic E-state index is 0.0575. The summed E-state index contributed by atoms with van der Waals surface area (Å²) in [6.07, 6.45) is 0.920. The molecule has 1 aromatic rings. The van der Waals surface area contributed by atoms with Crippen LogP contribution in [0.3, 0.4) is 0 Å². The third-order valence-electron chi connectivity index (χ3n) is 1.96. The van der Waals surface area contributed by atoms with Crippen molar-refractivity contribution in [2.75, 3.05) is 18.4 Å². The Morgan fingerprint density at radius 1 is 1.38 bits per heavy atom. The number of hydrogen-bond donors (Lipinski definition) is 2. The van der Waals surface area contributed by atoms with Gasteiger partial charge in [-0.1, -0.05) is 36.2 Å². The molecule has 0 bridgehead atoms. The third kappa shape index (κ3) is 3.91. The molecule has 0 aromatic heterocycles. The van der Waals surface area contributed by atoms with E-state index in [0.717, 1.165) is 6.42 Å². The molecule has 0 aliphatic rings. The Morgan fingerprint density at radius 3 is 2.81 bits per heavy atom. The van der Waals surface area contributed by atoms with Gasteiger partial charge in [0.05, 0.1) is 22.3 Å². The largest absolute Gasteiger partial charge is 0.375 e. The quantitative estimate of drug-likeness (QED) is 0.855. The average Bonchev–Trinajstić information content (AvgIpc) is 2.28. The first-order valence-electron chi connectivity index (χ1n) is 5.09. The van der Waals surface area contributed by atoms with Gasteiger partial charge in [-0.15, -0.1) is 0 Å². The first kappa shape index (κ1) is 13.1. The maximum atomic E-state index is 11.3. The second-order valence-electron chi connectivity index (χ2n) is 3.30. The minimum Gasteiger partial charge on any atom is -0.375 e. The highest BCUT2D eigenvalue weighted by molar-refractivity contribution is 6.43. The summed E-state index contributed by atoms with van der Waals surface area (Å²) >= 11 is 11.8. The molecular formula is C11H14Cl2N2O.